The average Bonchev–Trinajstić information content (AvgIpc) is 3.31. The van der Waals surface area contributed by atoms with E-state index < -0.39 is 12.1 Å². The Balaban J connectivity index is 0.000000318. The minimum absolute atomic E-state index is 0.844. The second-order valence-corrected chi connectivity index (χ2v) is 6.75. The molecule has 0 aromatic carbocycles. The van der Waals surface area contributed by atoms with E-state index in [9.17, 15) is 13.2 Å². The lowest BCUT2D eigenvalue weighted by atomic mass is 10.0. The van der Waals surface area contributed by atoms with Crippen LogP contribution in [0.3, 0.4) is 0 Å². The fraction of sp³-hybridized carbons (Fsp3) is 0.350. The summed E-state index contributed by atoms with van der Waals surface area (Å²) in [5.41, 5.74) is 4.42. The van der Waals surface area contributed by atoms with Gasteiger partial charge in [-0.25, -0.2) is 14.8 Å². The van der Waals surface area contributed by atoms with Gasteiger partial charge < -0.3 is 13.9 Å². The number of carbonyl (C=O) groups is 1. The molecule has 0 fully saturated rings. The summed E-state index contributed by atoms with van der Waals surface area (Å²) in [6.07, 6.45) is 1.88. The van der Waals surface area contributed by atoms with Crippen LogP contribution in [0.4, 0.5) is 13.2 Å². The minimum atomic E-state index is -5.08. The number of carboxylic acids is 1. The van der Waals surface area contributed by atoms with Crippen molar-refractivity contribution in [3.63, 3.8) is 0 Å². The molecule has 1 N–H and O–H groups in total. The third kappa shape index (κ3) is 5.47. The Bertz CT molecular complexity index is 984. The second kappa shape index (κ2) is 9.12. The van der Waals surface area contributed by atoms with Crippen LogP contribution in [0, 0.1) is 6.92 Å². The molecule has 0 spiro atoms. The maximum absolute atomic E-state index is 10.6. The van der Waals surface area contributed by atoms with Crippen LogP contribution in [-0.2, 0) is 24.2 Å². The molecule has 4 rings (SSSR count). The number of aryl methyl sites for hydroxylation is 1. The summed E-state index contributed by atoms with van der Waals surface area (Å²) in [7, 11) is 0. The van der Waals surface area contributed by atoms with Gasteiger partial charge in [-0.2, -0.15) is 13.2 Å². The normalized spacial score (nSPS) is 14.4. The molecule has 10 heteroatoms. The van der Waals surface area contributed by atoms with E-state index in [0.717, 1.165) is 60.9 Å². The maximum atomic E-state index is 10.6. The molecule has 1 aliphatic heterocycles. The first-order valence-corrected chi connectivity index (χ1v) is 9.17. The van der Waals surface area contributed by atoms with Crippen LogP contribution >= 0.6 is 0 Å². The van der Waals surface area contributed by atoms with E-state index in [-0.39, 0.29) is 0 Å². The molecule has 0 saturated carbocycles. The quantitative estimate of drug-likeness (QED) is 0.684. The van der Waals surface area contributed by atoms with E-state index in [0.29, 0.717) is 0 Å². The highest BCUT2D eigenvalue weighted by Crippen LogP contribution is 2.26. The maximum Gasteiger partial charge on any atom is 0.490 e. The molecule has 0 amide bonds. The molecule has 0 unspecified atom stereocenters. The van der Waals surface area contributed by atoms with Crippen molar-refractivity contribution in [1.29, 1.82) is 0 Å². The van der Waals surface area contributed by atoms with Crippen molar-refractivity contribution < 1.29 is 31.9 Å². The Kier molecular flexibility index (Phi) is 6.56. The van der Waals surface area contributed by atoms with Crippen molar-refractivity contribution >= 4 is 5.97 Å². The van der Waals surface area contributed by atoms with E-state index in [1.165, 1.54) is 5.56 Å². The molecule has 30 heavy (non-hydrogen) atoms. The van der Waals surface area contributed by atoms with E-state index >= 15 is 0 Å². The predicted molar refractivity (Wildman–Crippen MR) is 99.6 cm³/mol. The average molecular weight is 423 g/mol. The van der Waals surface area contributed by atoms with Crippen LogP contribution in [-0.4, -0.2) is 45.2 Å². The van der Waals surface area contributed by atoms with Gasteiger partial charge in [0.2, 0.25) is 0 Å². The molecule has 7 nitrogen and oxygen atoms in total. The number of alkyl halides is 3. The van der Waals surface area contributed by atoms with Gasteiger partial charge in [0, 0.05) is 36.3 Å². The predicted octanol–water partition coefficient (Wildman–Crippen LogP) is 3.87. The Morgan fingerprint density at radius 1 is 1.20 bits per heavy atom. The zero-order chi connectivity index (χ0) is 21.7. The molecule has 160 valence electrons. The van der Waals surface area contributed by atoms with Gasteiger partial charge >= 0.3 is 12.1 Å². The zero-order valence-corrected chi connectivity index (χ0v) is 16.1. The molecule has 3 aromatic rings. The Hall–Kier alpha value is -3.14. The molecule has 1 aliphatic rings. The fourth-order valence-electron chi connectivity index (χ4n) is 3.17. The summed E-state index contributed by atoms with van der Waals surface area (Å²) < 4.78 is 42.7. The van der Waals surface area contributed by atoms with Crippen LogP contribution in [0.5, 0.6) is 0 Å². The number of carboxylic acid groups (broad SMARTS) is 1. The summed E-state index contributed by atoms with van der Waals surface area (Å²) in [6, 6.07) is 6.03. The SMILES string of the molecule is Cc1ccc(CN2CCc3ncnc(-c4ccoc4)c3CC2)o1.O=C(O)C(F)(F)F. The molecule has 0 bridgehead atoms. The summed E-state index contributed by atoms with van der Waals surface area (Å²) in [5, 5.41) is 7.12. The van der Waals surface area contributed by atoms with Gasteiger partial charge in [-0.1, -0.05) is 0 Å². The second-order valence-electron chi connectivity index (χ2n) is 6.75. The Labute approximate surface area is 170 Å². The summed E-state index contributed by atoms with van der Waals surface area (Å²) in [6.45, 7) is 4.78. The van der Waals surface area contributed by atoms with Crippen LogP contribution < -0.4 is 0 Å². The number of hydrogen-bond donors (Lipinski definition) is 1. The Morgan fingerprint density at radius 2 is 1.93 bits per heavy atom. The number of hydrogen-bond acceptors (Lipinski definition) is 6. The van der Waals surface area contributed by atoms with E-state index in [1.54, 1.807) is 18.9 Å². The molecular formula is C20H20F3N3O4. The molecule has 0 aliphatic carbocycles. The monoisotopic (exact) mass is 423 g/mol. The van der Waals surface area contributed by atoms with Gasteiger partial charge in [-0.15, -0.1) is 0 Å². The molecule has 0 radical (unpaired) electrons. The van der Waals surface area contributed by atoms with Crippen LogP contribution in [0.25, 0.3) is 11.3 Å². The van der Waals surface area contributed by atoms with Gasteiger partial charge in [0.25, 0.3) is 0 Å². The van der Waals surface area contributed by atoms with Crippen molar-refractivity contribution in [2.75, 3.05) is 13.1 Å². The lowest BCUT2D eigenvalue weighted by molar-refractivity contribution is -0.192. The number of furan rings is 2. The van der Waals surface area contributed by atoms with Crippen LogP contribution in [0.1, 0.15) is 22.8 Å². The smallest absolute Gasteiger partial charge is 0.475 e. The number of aliphatic carboxylic acids is 1. The molecule has 0 atom stereocenters. The highest BCUT2D eigenvalue weighted by Gasteiger charge is 2.38. The lowest BCUT2D eigenvalue weighted by Gasteiger charge is -2.17. The summed E-state index contributed by atoms with van der Waals surface area (Å²) in [4.78, 5) is 20.3. The van der Waals surface area contributed by atoms with Gasteiger partial charge in [0.1, 0.15) is 17.8 Å². The summed E-state index contributed by atoms with van der Waals surface area (Å²) in [5.74, 6) is -0.770. The van der Waals surface area contributed by atoms with Crippen molar-refractivity contribution in [3.05, 3.63) is 59.8 Å². The van der Waals surface area contributed by atoms with Crippen molar-refractivity contribution in [3.8, 4) is 11.3 Å². The van der Waals surface area contributed by atoms with E-state index in [1.807, 2.05) is 19.1 Å². The van der Waals surface area contributed by atoms with Crippen molar-refractivity contribution in [2.45, 2.75) is 32.5 Å². The lowest BCUT2D eigenvalue weighted by Crippen LogP contribution is -2.25. The van der Waals surface area contributed by atoms with Crippen molar-refractivity contribution in [2.24, 2.45) is 0 Å². The topological polar surface area (TPSA) is 92.6 Å². The minimum Gasteiger partial charge on any atom is -0.475 e. The molecule has 3 aromatic heterocycles. The molecule has 4 heterocycles. The number of aromatic nitrogens is 2. The first kappa shape index (κ1) is 21.6. The number of fused-ring (bicyclic) bond motifs is 1. The first-order chi connectivity index (χ1) is 14.2. The highest BCUT2D eigenvalue weighted by atomic mass is 19.4. The van der Waals surface area contributed by atoms with Gasteiger partial charge in [0.15, 0.2) is 0 Å². The number of rotatable bonds is 3. The largest absolute Gasteiger partial charge is 0.490 e. The molecular weight excluding hydrogens is 403 g/mol. The fourth-order valence-corrected chi connectivity index (χ4v) is 3.17. The van der Waals surface area contributed by atoms with Gasteiger partial charge in [-0.3, -0.25) is 4.90 Å². The van der Waals surface area contributed by atoms with Gasteiger partial charge in [0.05, 0.1) is 24.8 Å². The standard InChI is InChI=1S/C18H19N3O2.C2HF3O2/c1-13-2-3-15(23-13)10-21-7-4-16-17(5-8-21)19-12-20-18(16)14-6-9-22-11-14;3-2(4,5)1(6)7/h2-3,6,9,11-12H,4-5,7-8,10H2,1H3;(H,6,7). The van der Waals surface area contributed by atoms with Crippen LogP contribution in [0.2, 0.25) is 0 Å². The number of nitrogens with zero attached hydrogens (tertiary/aromatic N) is 3. The first-order valence-electron chi connectivity index (χ1n) is 9.17. The van der Waals surface area contributed by atoms with Gasteiger partial charge in [-0.05, 0) is 31.5 Å². The van der Waals surface area contributed by atoms with Crippen molar-refractivity contribution in [1.82, 2.24) is 14.9 Å². The Morgan fingerprint density at radius 3 is 2.53 bits per heavy atom. The summed E-state index contributed by atoms with van der Waals surface area (Å²) >= 11 is 0. The van der Waals surface area contributed by atoms with E-state index in [4.69, 9.17) is 18.7 Å². The third-order valence-corrected chi connectivity index (χ3v) is 4.59. The zero-order valence-electron chi connectivity index (χ0n) is 16.1. The molecule has 0 saturated heterocycles. The number of halogens is 3. The van der Waals surface area contributed by atoms with Crippen LogP contribution in [0.15, 0.2) is 45.9 Å². The third-order valence-electron chi connectivity index (χ3n) is 4.59. The van der Waals surface area contributed by atoms with E-state index in [2.05, 4.69) is 20.9 Å². The highest BCUT2D eigenvalue weighted by molar-refractivity contribution is 5.73.